The molecule has 0 saturated carbocycles. The third-order valence-electron chi connectivity index (χ3n) is 4.18. The normalized spacial score (nSPS) is 20.8. The second-order valence-corrected chi connectivity index (χ2v) is 7.80. The summed E-state index contributed by atoms with van der Waals surface area (Å²) < 4.78 is 23.4. The fraction of sp³-hybridized carbons (Fsp3) is 0.467. The summed E-state index contributed by atoms with van der Waals surface area (Å²) in [7, 11) is -0.977. The van der Waals surface area contributed by atoms with Gasteiger partial charge in [0.1, 0.15) is 12.1 Å². The molecule has 0 bridgehead atoms. The summed E-state index contributed by atoms with van der Waals surface area (Å²) in [5.74, 6) is 1.30. The number of nitrogens with zero attached hydrogens (tertiary/aromatic N) is 3. The van der Waals surface area contributed by atoms with Gasteiger partial charge >= 0.3 is 0 Å². The van der Waals surface area contributed by atoms with Gasteiger partial charge in [0.2, 0.25) is 0 Å². The van der Waals surface area contributed by atoms with E-state index >= 15 is 0 Å². The molecule has 0 amide bonds. The molecule has 1 saturated heterocycles. The van der Waals surface area contributed by atoms with Crippen LogP contribution in [0.1, 0.15) is 18.9 Å². The Morgan fingerprint density at radius 3 is 2.81 bits per heavy atom. The summed E-state index contributed by atoms with van der Waals surface area (Å²) in [6.45, 7) is 2.11. The highest BCUT2D eigenvalue weighted by Crippen LogP contribution is 2.27. The number of aromatic nitrogens is 2. The van der Waals surface area contributed by atoms with E-state index in [1.54, 1.807) is 6.33 Å². The Hall–Kier alpha value is -1.69. The Labute approximate surface area is 124 Å². The maximum Gasteiger partial charge on any atom is 0.152 e. The number of hydrogen-bond acceptors (Lipinski definition) is 5. The van der Waals surface area contributed by atoms with Crippen LogP contribution >= 0.6 is 0 Å². The molecular formula is C15H19N3O2S. The number of hydrogen-bond donors (Lipinski definition) is 0. The fourth-order valence-corrected chi connectivity index (χ4v) is 4.62. The molecule has 5 nitrogen and oxygen atoms in total. The van der Waals surface area contributed by atoms with Crippen molar-refractivity contribution in [2.75, 3.05) is 23.5 Å². The summed E-state index contributed by atoms with van der Waals surface area (Å²) in [4.78, 5) is 10.7. The predicted molar refractivity (Wildman–Crippen MR) is 84.4 cm³/mol. The maximum atomic E-state index is 11.7. The van der Waals surface area contributed by atoms with Crippen molar-refractivity contribution in [2.45, 2.75) is 25.8 Å². The van der Waals surface area contributed by atoms with Gasteiger partial charge in [0, 0.05) is 18.5 Å². The first kappa shape index (κ1) is 14.3. The summed E-state index contributed by atoms with van der Waals surface area (Å²) >= 11 is 0. The van der Waals surface area contributed by atoms with Crippen molar-refractivity contribution < 1.29 is 8.42 Å². The molecule has 1 fully saturated rings. The first-order valence-corrected chi connectivity index (χ1v) is 8.99. The molecule has 1 unspecified atom stereocenters. The molecule has 1 aliphatic heterocycles. The number of benzene rings is 1. The van der Waals surface area contributed by atoms with Crippen LogP contribution in [0.3, 0.4) is 0 Å². The molecule has 1 aromatic carbocycles. The van der Waals surface area contributed by atoms with Crippen LogP contribution in [0.25, 0.3) is 10.9 Å². The minimum absolute atomic E-state index is 0.00150. The van der Waals surface area contributed by atoms with Gasteiger partial charge in [-0.15, -0.1) is 0 Å². The summed E-state index contributed by atoms with van der Waals surface area (Å²) in [6, 6.07) is 6.17. The average molecular weight is 305 g/mol. The zero-order valence-electron chi connectivity index (χ0n) is 12.3. The zero-order chi connectivity index (χ0) is 15.0. The van der Waals surface area contributed by atoms with E-state index in [9.17, 15) is 8.42 Å². The third-order valence-corrected chi connectivity index (χ3v) is 5.93. The maximum absolute atomic E-state index is 11.7. The van der Waals surface area contributed by atoms with E-state index in [4.69, 9.17) is 0 Å². The third kappa shape index (κ3) is 2.72. The minimum atomic E-state index is -2.90. The van der Waals surface area contributed by atoms with Gasteiger partial charge < -0.3 is 4.90 Å². The van der Waals surface area contributed by atoms with Crippen molar-refractivity contribution in [1.29, 1.82) is 0 Å². The lowest BCUT2D eigenvalue weighted by atomic mass is 10.1. The molecule has 2 aromatic rings. The Balaban J connectivity index is 2.03. The molecule has 3 rings (SSSR count). The first-order chi connectivity index (χ1) is 10.00. The largest absolute Gasteiger partial charge is 0.355 e. The molecule has 1 aromatic heterocycles. The molecular weight excluding hydrogens is 286 g/mol. The van der Waals surface area contributed by atoms with E-state index in [0.717, 1.165) is 23.1 Å². The minimum Gasteiger partial charge on any atom is -0.355 e. The lowest BCUT2D eigenvalue weighted by Crippen LogP contribution is -2.33. The monoisotopic (exact) mass is 305 g/mol. The van der Waals surface area contributed by atoms with E-state index in [2.05, 4.69) is 29.0 Å². The fourth-order valence-electron chi connectivity index (χ4n) is 2.84. The lowest BCUT2D eigenvalue weighted by Gasteiger charge is -2.25. The van der Waals surface area contributed by atoms with Gasteiger partial charge in [-0.2, -0.15) is 0 Å². The smallest absolute Gasteiger partial charge is 0.152 e. The van der Waals surface area contributed by atoms with Crippen molar-refractivity contribution in [2.24, 2.45) is 0 Å². The number of anilines is 1. The highest BCUT2D eigenvalue weighted by atomic mass is 32.2. The van der Waals surface area contributed by atoms with Crippen LogP contribution in [-0.2, 0) is 16.3 Å². The molecule has 0 N–H and O–H groups in total. The topological polar surface area (TPSA) is 63.2 Å². The van der Waals surface area contributed by atoms with Gasteiger partial charge in [0.25, 0.3) is 0 Å². The molecule has 6 heteroatoms. The first-order valence-electron chi connectivity index (χ1n) is 7.17. The van der Waals surface area contributed by atoms with Gasteiger partial charge in [0.15, 0.2) is 9.84 Å². The second kappa shape index (κ2) is 5.26. The lowest BCUT2D eigenvalue weighted by molar-refractivity contribution is 0.600. The zero-order valence-corrected chi connectivity index (χ0v) is 13.1. The molecule has 0 radical (unpaired) electrons. The quantitative estimate of drug-likeness (QED) is 0.865. The van der Waals surface area contributed by atoms with E-state index < -0.39 is 9.84 Å². The molecule has 112 valence electrons. The van der Waals surface area contributed by atoms with E-state index in [1.165, 1.54) is 5.56 Å². The number of aryl methyl sites for hydroxylation is 1. The Morgan fingerprint density at radius 2 is 2.14 bits per heavy atom. The van der Waals surface area contributed by atoms with Crippen molar-refractivity contribution in [3.05, 3.63) is 30.1 Å². The van der Waals surface area contributed by atoms with Crippen LogP contribution in [-0.4, -0.2) is 43.0 Å². The Bertz CT molecular complexity index is 774. The molecule has 2 heterocycles. The van der Waals surface area contributed by atoms with E-state index in [0.29, 0.717) is 6.42 Å². The number of sulfone groups is 1. The van der Waals surface area contributed by atoms with Gasteiger partial charge in [-0.25, -0.2) is 18.4 Å². The second-order valence-electron chi connectivity index (χ2n) is 5.57. The Morgan fingerprint density at radius 1 is 1.33 bits per heavy atom. The van der Waals surface area contributed by atoms with E-state index in [1.807, 2.05) is 18.0 Å². The Kier molecular flexibility index (Phi) is 3.57. The van der Waals surface area contributed by atoms with Gasteiger partial charge in [-0.1, -0.05) is 13.0 Å². The van der Waals surface area contributed by atoms with Crippen LogP contribution in [0.15, 0.2) is 24.5 Å². The van der Waals surface area contributed by atoms with Crippen LogP contribution in [0, 0.1) is 0 Å². The molecule has 0 aliphatic carbocycles. The SMILES string of the molecule is CCc1ccc2ncnc(N(C)C3CCS(=O)(=O)C3)c2c1. The van der Waals surface area contributed by atoms with Crippen molar-refractivity contribution in [3.63, 3.8) is 0 Å². The van der Waals surface area contributed by atoms with Gasteiger partial charge in [-0.05, 0) is 30.5 Å². The van der Waals surface area contributed by atoms with Crippen molar-refractivity contribution in [1.82, 2.24) is 9.97 Å². The summed E-state index contributed by atoms with van der Waals surface area (Å²) in [5, 5.41) is 0.989. The molecule has 1 atom stereocenters. The van der Waals surface area contributed by atoms with Gasteiger partial charge in [-0.3, -0.25) is 0 Å². The van der Waals surface area contributed by atoms with Gasteiger partial charge in [0.05, 0.1) is 17.0 Å². The average Bonchev–Trinajstić information content (AvgIpc) is 2.85. The molecule has 1 aliphatic rings. The standard InChI is InChI=1S/C15H19N3O2S/c1-3-11-4-5-14-13(8-11)15(17-10-16-14)18(2)12-6-7-21(19,20)9-12/h4-5,8,10,12H,3,6-7,9H2,1-2H3. The van der Waals surface area contributed by atoms with E-state index in [-0.39, 0.29) is 17.5 Å². The summed E-state index contributed by atoms with van der Waals surface area (Å²) in [5.41, 5.74) is 2.12. The van der Waals surface area contributed by atoms with Crippen LogP contribution < -0.4 is 4.90 Å². The highest BCUT2D eigenvalue weighted by molar-refractivity contribution is 7.91. The summed E-state index contributed by atoms with van der Waals surface area (Å²) in [6.07, 6.45) is 3.16. The van der Waals surface area contributed by atoms with Crippen LogP contribution in [0.5, 0.6) is 0 Å². The molecule has 21 heavy (non-hydrogen) atoms. The van der Waals surface area contributed by atoms with Crippen molar-refractivity contribution in [3.8, 4) is 0 Å². The number of rotatable bonds is 3. The number of fused-ring (bicyclic) bond motifs is 1. The van der Waals surface area contributed by atoms with Crippen molar-refractivity contribution >= 4 is 26.6 Å². The highest BCUT2D eigenvalue weighted by Gasteiger charge is 2.31. The predicted octanol–water partition coefficient (Wildman–Crippen LogP) is 1.82. The molecule has 0 spiro atoms. The van der Waals surface area contributed by atoms with Crippen LogP contribution in [0.4, 0.5) is 5.82 Å². The van der Waals surface area contributed by atoms with Crippen LogP contribution in [0.2, 0.25) is 0 Å².